The average molecular weight is 464 g/mol. The lowest BCUT2D eigenvalue weighted by Gasteiger charge is -2.13. The van der Waals surface area contributed by atoms with Crippen molar-refractivity contribution in [2.24, 2.45) is 0 Å². The van der Waals surface area contributed by atoms with E-state index in [1.54, 1.807) is 12.4 Å². The largest absolute Gasteiger partial charge is 0.270 e. The minimum atomic E-state index is 0.510. The minimum Gasteiger partial charge on any atom is -0.270 e. The van der Waals surface area contributed by atoms with Gasteiger partial charge in [-0.1, -0.05) is 48.2 Å². The Morgan fingerprint density at radius 3 is 2.47 bits per heavy atom. The van der Waals surface area contributed by atoms with Crippen LogP contribution in [0.4, 0.5) is 0 Å². The summed E-state index contributed by atoms with van der Waals surface area (Å²) in [5, 5.41) is 24.2. The van der Waals surface area contributed by atoms with E-state index in [-0.39, 0.29) is 0 Å². The normalized spacial score (nSPS) is 10.9. The molecule has 0 N–H and O–H groups in total. The highest BCUT2D eigenvalue weighted by molar-refractivity contribution is 7.98. The molecule has 166 valence electrons. The Hall–Kier alpha value is -4.22. The summed E-state index contributed by atoms with van der Waals surface area (Å²) in [6.07, 6.45) is 3.53. The van der Waals surface area contributed by atoms with E-state index in [1.165, 1.54) is 11.8 Å². The van der Waals surface area contributed by atoms with Crippen molar-refractivity contribution in [1.29, 1.82) is 5.26 Å². The molecule has 5 rings (SSSR count). The SMILES string of the molecule is Cc1ccccc1-n1c(SCc2c(C#N)c(C)nn2-c2ccccc2)nnc1-c1cccnc1. The molecule has 8 heteroatoms. The molecule has 3 heterocycles. The van der Waals surface area contributed by atoms with Gasteiger partial charge in [-0.25, -0.2) is 4.68 Å². The molecule has 0 spiro atoms. The number of nitriles is 1. The van der Waals surface area contributed by atoms with E-state index >= 15 is 0 Å². The van der Waals surface area contributed by atoms with Gasteiger partial charge < -0.3 is 0 Å². The maximum atomic E-state index is 9.83. The highest BCUT2D eigenvalue weighted by atomic mass is 32.2. The van der Waals surface area contributed by atoms with E-state index in [0.29, 0.717) is 17.0 Å². The molecule has 2 aromatic carbocycles. The molecule has 34 heavy (non-hydrogen) atoms. The number of benzene rings is 2. The highest BCUT2D eigenvalue weighted by Crippen LogP contribution is 2.32. The third kappa shape index (κ3) is 3.98. The quantitative estimate of drug-likeness (QED) is 0.318. The van der Waals surface area contributed by atoms with Crippen molar-refractivity contribution in [3.05, 3.63) is 102 Å². The second-order valence-corrected chi connectivity index (χ2v) is 8.67. The first kappa shape index (κ1) is 21.6. The van der Waals surface area contributed by atoms with E-state index in [9.17, 15) is 5.26 Å². The number of nitrogens with zero attached hydrogens (tertiary/aromatic N) is 7. The van der Waals surface area contributed by atoms with Crippen LogP contribution in [0.3, 0.4) is 0 Å². The Morgan fingerprint density at radius 1 is 0.941 bits per heavy atom. The van der Waals surface area contributed by atoms with Crippen LogP contribution in [0.15, 0.2) is 84.3 Å². The van der Waals surface area contributed by atoms with Gasteiger partial charge in [-0.05, 0) is 49.7 Å². The van der Waals surface area contributed by atoms with Crippen LogP contribution < -0.4 is 0 Å². The van der Waals surface area contributed by atoms with Gasteiger partial charge in [0, 0.05) is 23.7 Å². The molecule has 0 aliphatic rings. The Bertz CT molecular complexity index is 1480. The molecule has 0 unspecified atom stereocenters. The van der Waals surface area contributed by atoms with Crippen molar-refractivity contribution < 1.29 is 0 Å². The number of aryl methyl sites for hydroxylation is 2. The number of thioether (sulfide) groups is 1. The van der Waals surface area contributed by atoms with E-state index < -0.39 is 0 Å². The predicted molar refractivity (Wildman–Crippen MR) is 132 cm³/mol. The summed E-state index contributed by atoms with van der Waals surface area (Å²) in [6.45, 7) is 3.93. The monoisotopic (exact) mass is 463 g/mol. The van der Waals surface area contributed by atoms with Crippen LogP contribution in [0.25, 0.3) is 22.8 Å². The number of aromatic nitrogens is 6. The number of pyridine rings is 1. The number of para-hydroxylation sites is 2. The molecule has 7 nitrogen and oxygen atoms in total. The lowest BCUT2D eigenvalue weighted by Crippen LogP contribution is -2.04. The molecular weight excluding hydrogens is 442 g/mol. The predicted octanol–water partition coefficient (Wildman–Crippen LogP) is 5.30. The van der Waals surface area contributed by atoms with Gasteiger partial charge in [-0.2, -0.15) is 10.4 Å². The van der Waals surface area contributed by atoms with Crippen molar-refractivity contribution >= 4 is 11.8 Å². The summed E-state index contributed by atoms with van der Waals surface area (Å²) in [7, 11) is 0. The van der Waals surface area contributed by atoms with Gasteiger partial charge in [0.25, 0.3) is 0 Å². The Balaban J connectivity index is 1.58. The highest BCUT2D eigenvalue weighted by Gasteiger charge is 2.21. The number of rotatable bonds is 6. The van der Waals surface area contributed by atoms with Gasteiger partial charge in [0.1, 0.15) is 6.07 Å². The van der Waals surface area contributed by atoms with E-state index in [2.05, 4.69) is 50.0 Å². The minimum absolute atomic E-state index is 0.510. The van der Waals surface area contributed by atoms with Crippen LogP contribution in [0.1, 0.15) is 22.5 Å². The first-order valence-corrected chi connectivity index (χ1v) is 11.7. The lowest BCUT2D eigenvalue weighted by atomic mass is 10.2. The summed E-state index contributed by atoms with van der Waals surface area (Å²) >= 11 is 1.53. The molecular formula is C26H21N7S. The third-order valence-electron chi connectivity index (χ3n) is 5.52. The van der Waals surface area contributed by atoms with Crippen molar-refractivity contribution in [2.45, 2.75) is 24.8 Å². The van der Waals surface area contributed by atoms with Gasteiger partial charge >= 0.3 is 0 Å². The standard InChI is InChI=1S/C26H21N7S/c1-18-9-6-7-13-23(18)32-25(20-10-8-14-28-16-20)29-30-26(32)34-17-24-22(15-27)19(2)31-33(24)21-11-4-3-5-12-21/h3-14,16H,17H2,1-2H3. The first-order chi connectivity index (χ1) is 16.7. The molecule has 0 fully saturated rings. The fraction of sp³-hybridized carbons (Fsp3) is 0.115. The summed E-state index contributed by atoms with van der Waals surface area (Å²) in [4.78, 5) is 4.26. The van der Waals surface area contributed by atoms with Crippen molar-refractivity contribution in [1.82, 2.24) is 29.5 Å². The van der Waals surface area contributed by atoms with Crippen LogP contribution >= 0.6 is 11.8 Å². The zero-order valence-corrected chi connectivity index (χ0v) is 19.6. The molecule has 0 saturated heterocycles. The van der Waals surface area contributed by atoms with Gasteiger partial charge in [0.15, 0.2) is 11.0 Å². The van der Waals surface area contributed by atoms with E-state index in [4.69, 9.17) is 0 Å². The lowest BCUT2D eigenvalue weighted by molar-refractivity contribution is 0.825. The molecule has 0 saturated carbocycles. The Kier molecular flexibility index (Phi) is 5.93. The van der Waals surface area contributed by atoms with Crippen molar-refractivity contribution in [2.75, 3.05) is 0 Å². The molecule has 0 aliphatic heterocycles. The fourth-order valence-electron chi connectivity index (χ4n) is 3.85. The summed E-state index contributed by atoms with van der Waals surface area (Å²) in [5.74, 6) is 1.23. The molecule has 0 aliphatic carbocycles. The van der Waals surface area contributed by atoms with E-state index in [0.717, 1.165) is 39.2 Å². The zero-order chi connectivity index (χ0) is 23.5. The Morgan fingerprint density at radius 2 is 1.74 bits per heavy atom. The van der Waals surface area contributed by atoms with Crippen molar-refractivity contribution in [3.8, 4) is 28.8 Å². The van der Waals surface area contributed by atoms with Gasteiger partial charge in [-0.15, -0.1) is 10.2 Å². The smallest absolute Gasteiger partial charge is 0.196 e. The second-order valence-electron chi connectivity index (χ2n) is 7.72. The van der Waals surface area contributed by atoms with Crippen molar-refractivity contribution in [3.63, 3.8) is 0 Å². The van der Waals surface area contributed by atoms with Crippen LogP contribution in [0, 0.1) is 25.2 Å². The maximum Gasteiger partial charge on any atom is 0.196 e. The Labute approximate surface area is 201 Å². The summed E-state index contributed by atoms with van der Waals surface area (Å²) in [6, 6.07) is 24.2. The molecule has 3 aromatic heterocycles. The molecule has 0 bridgehead atoms. The van der Waals surface area contributed by atoms with Gasteiger partial charge in [0.05, 0.1) is 28.3 Å². The fourth-order valence-corrected chi connectivity index (χ4v) is 4.79. The molecule has 0 atom stereocenters. The number of hydrogen-bond acceptors (Lipinski definition) is 6. The first-order valence-electron chi connectivity index (χ1n) is 10.8. The zero-order valence-electron chi connectivity index (χ0n) is 18.8. The van der Waals surface area contributed by atoms with Crippen LogP contribution in [0.2, 0.25) is 0 Å². The molecule has 5 aromatic rings. The average Bonchev–Trinajstić information content (AvgIpc) is 3.44. The third-order valence-corrected chi connectivity index (χ3v) is 6.46. The molecule has 0 amide bonds. The van der Waals surface area contributed by atoms with Crippen LogP contribution in [-0.4, -0.2) is 29.5 Å². The van der Waals surface area contributed by atoms with Crippen LogP contribution in [0.5, 0.6) is 0 Å². The number of hydrogen-bond donors (Lipinski definition) is 0. The molecule has 0 radical (unpaired) electrons. The van der Waals surface area contributed by atoms with Gasteiger partial charge in [-0.3, -0.25) is 9.55 Å². The second kappa shape index (κ2) is 9.33. The van der Waals surface area contributed by atoms with E-state index in [1.807, 2.05) is 66.2 Å². The summed E-state index contributed by atoms with van der Waals surface area (Å²) < 4.78 is 3.90. The maximum absolute atomic E-state index is 9.83. The van der Waals surface area contributed by atoms with Gasteiger partial charge in [0.2, 0.25) is 0 Å². The van der Waals surface area contributed by atoms with Crippen LogP contribution in [-0.2, 0) is 5.75 Å². The topological polar surface area (TPSA) is 85.2 Å². The summed E-state index contributed by atoms with van der Waals surface area (Å²) in [5.41, 5.74) is 6.04.